The summed E-state index contributed by atoms with van der Waals surface area (Å²) in [7, 11) is 3.19. The molecular formula is C17H20BrCl2N3O4. The van der Waals surface area contributed by atoms with Gasteiger partial charge in [0, 0.05) is 31.8 Å². The van der Waals surface area contributed by atoms with Gasteiger partial charge in [-0.3, -0.25) is 10.1 Å². The summed E-state index contributed by atoms with van der Waals surface area (Å²) in [5.74, 6) is 1.32. The molecule has 2 N–H and O–H groups in total. The highest BCUT2D eigenvalue weighted by atomic mass is 79.9. The predicted octanol–water partition coefficient (Wildman–Crippen LogP) is 4.65. The van der Waals surface area contributed by atoms with Crippen molar-refractivity contribution < 1.29 is 14.4 Å². The van der Waals surface area contributed by atoms with Crippen LogP contribution in [0, 0.1) is 10.1 Å². The first kappa shape index (κ1) is 23.3. The Labute approximate surface area is 177 Å². The van der Waals surface area contributed by atoms with E-state index in [2.05, 4.69) is 26.6 Å². The molecule has 0 aliphatic heterocycles. The fourth-order valence-electron chi connectivity index (χ4n) is 2.35. The molecule has 0 aliphatic rings. The average Bonchev–Trinajstić information content (AvgIpc) is 2.61. The first-order valence-electron chi connectivity index (χ1n) is 7.75. The normalized spacial score (nSPS) is 10.1. The molecule has 0 fully saturated rings. The third kappa shape index (κ3) is 6.42. The Balaban J connectivity index is 0.00000364. The van der Waals surface area contributed by atoms with Gasteiger partial charge in [0.1, 0.15) is 0 Å². The van der Waals surface area contributed by atoms with Crippen molar-refractivity contribution in [3.05, 3.63) is 55.5 Å². The molecule has 2 aromatic carbocycles. The number of rotatable bonds is 9. The van der Waals surface area contributed by atoms with Crippen molar-refractivity contribution >= 4 is 51.3 Å². The number of nitro groups is 1. The Morgan fingerprint density at radius 1 is 1.19 bits per heavy atom. The van der Waals surface area contributed by atoms with Crippen LogP contribution in [0.1, 0.15) is 5.56 Å². The highest BCUT2D eigenvalue weighted by Gasteiger charge is 2.11. The average molecular weight is 481 g/mol. The van der Waals surface area contributed by atoms with E-state index in [1.54, 1.807) is 20.3 Å². The van der Waals surface area contributed by atoms with Gasteiger partial charge in [-0.05, 0) is 39.7 Å². The maximum absolute atomic E-state index is 10.7. The van der Waals surface area contributed by atoms with E-state index < -0.39 is 4.92 Å². The summed E-state index contributed by atoms with van der Waals surface area (Å²) in [6, 6.07) is 8.24. The maximum atomic E-state index is 10.7. The van der Waals surface area contributed by atoms with Gasteiger partial charge >= 0.3 is 0 Å². The monoisotopic (exact) mass is 479 g/mol. The van der Waals surface area contributed by atoms with Crippen LogP contribution in [0.25, 0.3) is 0 Å². The van der Waals surface area contributed by atoms with Gasteiger partial charge in [0.05, 0.1) is 34.3 Å². The second-order valence-corrected chi connectivity index (χ2v) is 6.60. The number of nitrogens with zero attached hydrogens (tertiary/aromatic N) is 1. The van der Waals surface area contributed by atoms with Crippen molar-refractivity contribution in [3.63, 3.8) is 0 Å². The first-order valence-corrected chi connectivity index (χ1v) is 8.92. The molecule has 0 radical (unpaired) electrons. The van der Waals surface area contributed by atoms with Gasteiger partial charge in [0.2, 0.25) is 0 Å². The number of hydrogen-bond donors (Lipinski definition) is 2. The molecule has 2 rings (SSSR count). The van der Waals surface area contributed by atoms with Crippen molar-refractivity contribution in [2.24, 2.45) is 0 Å². The molecule has 0 atom stereocenters. The smallest absolute Gasteiger partial charge is 0.271 e. The van der Waals surface area contributed by atoms with Crippen molar-refractivity contribution in [2.75, 3.05) is 32.6 Å². The molecule has 0 saturated heterocycles. The molecule has 0 bridgehead atoms. The summed E-state index contributed by atoms with van der Waals surface area (Å²) in [4.78, 5) is 10.2. The number of halogens is 3. The van der Waals surface area contributed by atoms with Gasteiger partial charge in [0.25, 0.3) is 5.69 Å². The first-order chi connectivity index (χ1) is 12.5. The topological polar surface area (TPSA) is 85.7 Å². The Bertz CT molecular complexity index is 793. The van der Waals surface area contributed by atoms with E-state index in [9.17, 15) is 10.1 Å². The van der Waals surface area contributed by atoms with Crippen LogP contribution >= 0.6 is 39.9 Å². The molecule has 0 amide bonds. The molecule has 0 spiro atoms. The molecule has 7 nitrogen and oxygen atoms in total. The standard InChI is InChI=1S/C17H19BrClN3O4.ClH/c1-25-16-8-11(7-13(18)17(16)26-2)10-20-5-6-21-15-4-3-12(22(23)24)9-14(15)19;/h3-4,7-9,20-21H,5-6,10H2,1-2H3;1H. The zero-order valence-electron chi connectivity index (χ0n) is 14.8. The van der Waals surface area contributed by atoms with Gasteiger partial charge in [0.15, 0.2) is 11.5 Å². The van der Waals surface area contributed by atoms with Crippen molar-refractivity contribution in [3.8, 4) is 11.5 Å². The molecule has 27 heavy (non-hydrogen) atoms. The van der Waals surface area contributed by atoms with Crippen molar-refractivity contribution in [1.82, 2.24) is 5.32 Å². The van der Waals surface area contributed by atoms with E-state index in [1.165, 1.54) is 12.1 Å². The van der Waals surface area contributed by atoms with E-state index >= 15 is 0 Å². The number of ether oxygens (including phenoxy) is 2. The van der Waals surface area contributed by atoms with E-state index in [4.69, 9.17) is 21.1 Å². The highest BCUT2D eigenvalue weighted by molar-refractivity contribution is 9.10. The van der Waals surface area contributed by atoms with Crippen LogP contribution in [-0.4, -0.2) is 32.2 Å². The SMILES string of the molecule is COc1cc(CNCCNc2ccc([N+](=O)[O-])cc2Cl)cc(Br)c1OC.Cl. The van der Waals surface area contributed by atoms with Crippen LogP contribution in [0.15, 0.2) is 34.8 Å². The van der Waals surface area contributed by atoms with E-state index in [0.29, 0.717) is 41.8 Å². The summed E-state index contributed by atoms with van der Waals surface area (Å²) in [5, 5.41) is 17.5. The number of hydrogen-bond acceptors (Lipinski definition) is 6. The minimum atomic E-state index is -0.474. The lowest BCUT2D eigenvalue weighted by atomic mass is 10.2. The van der Waals surface area contributed by atoms with Gasteiger partial charge < -0.3 is 20.1 Å². The van der Waals surface area contributed by atoms with Crippen LogP contribution in [0.5, 0.6) is 11.5 Å². The van der Waals surface area contributed by atoms with E-state index in [-0.39, 0.29) is 18.1 Å². The van der Waals surface area contributed by atoms with E-state index in [0.717, 1.165) is 10.0 Å². The molecule has 10 heteroatoms. The number of benzene rings is 2. The quantitative estimate of drug-likeness (QED) is 0.308. The van der Waals surface area contributed by atoms with Crippen LogP contribution in [0.2, 0.25) is 5.02 Å². The van der Waals surface area contributed by atoms with Crippen LogP contribution < -0.4 is 20.1 Å². The number of nitro benzene ring substituents is 1. The lowest BCUT2D eigenvalue weighted by Crippen LogP contribution is -2.22. The van der Waals surface area contributed by atoms with Gasteiger partial charge in [-0.15, -0.1) is 12.4 Å². The highest BCUT2D eigenvalue weighted by Crippen LogP contribution is 2.36. The third-order valence-electron chi connectivity index (χ3n) is 3.60. The summed E-state index contributed by atoms with van der Waals surface area (Å²) >= 11 is 9.51. The Kier molecular flexibility index (Phi) is 9.65. The molecule has 0 aromatic heterocycles. The summed E-state index contributed by atoms with van der Waals surface area (Å²) < 4.78 is 11.4. The zero-order valence-corrected chi connectivity index (χ0v) is 17.9. The van der Waals surface area contributed by atoms with Gasteiger partial charge in [-0.1, -0.05) is 11.6 Å². The minimum absolute atomic E-state index is 0. The van der Waals surface area contributed by atoms with E-state index in [1.807, 2.05) is 12.1 Å². The van der Waals surface area contributed by atoms with Crippen LogP contribution in [0.3, 0.4) is 0 Å². The molecule has 0 heterocycles. The molecular weight excluding hydrogens is 461 g/mol. The largest absolute Gasteiger partial charge is 0.493 e. The molecule has 0 aliphatic carbocycles. The number of nitrogens with one attached hydrogen (secondary N) is 2. The Hall–Kier alpha value is -1.74. The second-order valence-electron chi connectivity index (χ2n) is 5.34. The zero-order chi connectivity index (χ0) is 19.1. The predicted molar refractivity (Wildman–Crippen MR) is 113 cm³/mol. The van der Waals surface area contributed by atoms with Gasteiger partial charge in [-0.25, -0.2) is 0 Å². The number of non-ortho nitro benzene ring substituents is 1. The molecule has 0 unspecified atom stereocenters. The fourth-order valence-corrected chi connectivity index (χ4v) is 3.25. The summed E-state index contributed by atoms with van der Waals surface area (Å²) in [6.45, 7) is 1.94. The lowest BCUT2D eigenvalue weighted by molar-refractivity contribution is -0.384. The molecule has 148 valence electrons. The Morgan fingerprint density at radius 3 is 2.52 bits per heavy atom. The molecule has 0 saturated carbocycles. The summed E-state index contributed by atoms with van der Waals surface area (Å²) in [6.07, 6.45) is 0. The van der Waals surface area contributed by atoms with Crippen LogP contribution in [0.4, 0.5) is 11.4 Å². The molecule has 2 aromatic rings. The Morgan fingerprint density at radius 2 is 1.93 bits per heavy atom. The van der Waals surface area contributed by atoms with Crippen molar-refractivity contribution in [1.29, 1.82) is 0 Å². The lowest BCUT2D eigenvalue weighted by Gasteiger charge is -2.13. The third-order valence-corrected chi connectivity index (χ3v) is 4.50. The number of anilines is 1. The van der Waals surface area contributed by atoms with Gasteiger partial charge in [-0.2, -0.15) is 0 Å². The maximum Gasteiger partial charge on any atom is 0.271 e. The minimum Gasteiger partial charge on any atom is -0.493 e. The summed E-state index contributed by atoms with van der Waals surface area (Å²) in [5.41, 5.74) is 1.67. The van der Waals surface area contributed by atoms with Crippen LogP contribution in [-0.2, 0) is 6.54 Å². The van der Waals surface area contributed by atoms with Crippen molar-refractivity contribution in [2.45, 2.75) is 6.54 Å². The second kappa shape index (κ2) is 11.2. The fraction of sp³-hybridized carbons (Fsp3) is 0.294. The number of methoxy groups -OCH3 is 2.